The van der Waals surface area contributed by atoms with E-state index in [1.807, 2.05) is 0 Å². The number of fused-ring (bicyclic) bond motifs is 1. The van der Waals surface area contributed by atoms with Crippen molar-refractivity contribution in [3.63, 3.8) is 0 Å². The zero-order valence-electron chi connectivity index (χ0n) is 17.0. The van der Waals surface area contributed by atoms with Gasteiger partial charge in [0.25, 0.3) is 0 Å². The Morgan fingerprint density at radius 2 is 1.69 bits per heavy atom. The van der Waals surface area contributed by atoms with Crippen LogP contribution in [-0.2, 0) is 11.8 Å². The topological polar surface area (TPSA) is 71.0 Å². The zero-order valence-corrected chi connectivity index (χ0v) is 17.7. The minimum atomic E-state index is -0.388. The maximum Gasteiger partial charge on any atom is 0.354 e. The quantitative estimate of drug-likeness (QED) is 0.557. The fourth-order valence-electron chi connectivity index (χ4n) is 3.21. The lowest BCUT2D eigenvalue weighted by Gasteiger charge is -2.16. The number of carbonyl (C=O) groups is 1. The number of methoxy groups -OCH3 is 3. The van der Waals surface area contributed by atoms with Crippen molar-refractivity contribution in [2.45, 2.75) is 6.92 Å². The zero-order chi connectivity index (χ0) is 21.1. The third kappa shape index (κ3) is 3.91. The van der Waals surface area contributed by atoms with Gasteiger partial charge in [-0.3, -0.25) is 0 Å². The first-order chi connectivity index (χ1) is 13.9. The Labute approximate surface area is 174 Å². The van der Waals surface area contributed by atoms with E-state index in [9.17, 15) is 4.79 Å². The molecule has 1 aromatic heterocycles. The molecule has 0 aliphatic carbocycles. The van der Waals surface area contributed by atoms with E-state index in [1.165, 1.54) is 0 Å². The van der Waals surface area contributed by atoms with Crippen molar-refractivity contribution in [2.75, 3.05) is 33.3 Å². The molecule has 29 heavy (non-hydrogen) atoms. The Morgan fingerprint density at radius 1 is 1.03 bits per heavy atom. The van der Waals surface area contributed by atoms with E-state index < -0.39 is 0 Å². The molecule has 0 saturated heterocycles. The summed E-state index contributed by atoms with van der Waals surface area (Å²) in [5, 5.41) is 4.69. The average Bonchev–Trinajstić information content (AvgIpc) is 3.04. The van der Waals surface area contributed by atoms with Crippen LogP contribution in [0.5, 0.6) is 17.2 Å². The number of esters is 1. The third-order valence-electron chi connectivity index (χ3n) is 4.56. The minimum Gasteiger partial charge on any atom is -0.493 e. The van der Waals surface area contributed by atoms with E-state index in [4.69, 9.17) is 30.5 Å². The molecule has 0 aliphatic heterocycles. The molecule has 0 bridgehead atoms. The summed E-state index contributed by atoms with van der Waals surface area (Å²) in [5.74, 6) is 1.16. The van der Waals surface area contributed by atoms with Gasteiger partial charge in [0.15, 0.2) is 11.5 Å². The lowest BCUT2D eigenvalue weighted by atomic mass is 10.2. The van der Waals surface area contributed by atoms with Crippen molar-refractivity contribution >= 4 is 39.8 Å². The Balaban J connectivity index is 2.11. The first-order valence-corrected chi connectivity index (χ1v) is 9.34. The molecule has 154 valence electrons. The van der Waals surface area contributed by atoms with Gasteiger partial charge in [0, 0.05) is 41.0 Å². The van der Waals surface area contributed by atoms with Crippen molar-refractivity contribution in [1.82, 2.24) is 4.57 Å². The number of anilines is 2. The molecule has 1 N–H and O–H groups in total. The van der Waals surface area contributed by atoms with Crippen molar-refractivity contribution in [2.24, 2.45) is 7.05 Å². The molecule has 0 unspecified atom stereocenters. The number of aromatic nitrogens is 1. The molecule has 0 fully saturated rings. The van der Waals surface area contributed by atoms with Gasteiger partial charge < -0.3 is 28.8 Å². The van der Waals surface area contributed by atoms with E-state index in [2.05, 4.69) is 5.32 Å². The highest BCUT2D eigenvalue weighted by Crippen LogP contribution is 2.41. The number of nitrogens with one attached hydrogen (secondary N) is 1. The predicted octanol–water partition coefficient (Wildman–Crippen LogP) is 4.78. The fraction of sp³-hybridized carbons (Fsp3) is 0.286. The van der Waals surface area contributed by atoms with Gasteiger partial charge in [-0.05, 0) is 25.1 Å². The van der Waals surface area contributed by atoms with Crippen LogP contribution in [0.1, 0.15) is 17.4 Å². The molecule has 0 saturated carbocycles. The molecule has 0 aliphatic rings. The van der Waals surface area contributed by atoms with Gasteiger partial charge in [-0.1, -0.05) is 11.6 Å². The number of aryl methyl sites for hydroxylation is 1. The van der Waals surface area contributed by atoms with Crippen LogP contribution < -0.4 is 19.5 Å². The minimum absolute atomic E-state index is 0.303. The molecule has 0 amide bonds. The molecule has 2 aromatic carbocycles. The monoisotopic (exact) mass is 418 g/mol. The van der Waals surface area contributed by atoms with Crippen molar-refractivity contribution in [3.8, 4) is 17.2 Å². The highest BCUT2D eigenvalue weighted by Gasteiger charge is 2.18. The van der Waals surface area contributed by atoms with E-state index in [1.54, 1.807) is 70.2 Å². The average molecular weight is 419 g/mol. The van der Waals surface area contributed by atoms with Gasteiger partial charge in [-0.2, -0.15) is 0 Å². The summed E-state index contributed by atoms with van der Waals surface area (Å²) in [6, 6.07) is 8.97. The smallest absolute Gasteiger partial charge is 0.354 e. The Bertz CT molecular complexity index is 1040. The molecular formula is C21H23ClN2O5. The van der Waals surface area contributed by atoms with Crippen LogP contribution in [0.4, 0.5) is 11.4 Å². The Kier molecular flexibility index (Phi) is 6.08. The number of halogens is 1. The van der Waals surface area contributed by atoms with Crippen LogP contribution in [0.15, 0.2) is 30.3 Å². The molecule has 7 nitrogen and oxygen atoms in total. The number of hydrogen-bond donors (Lipinski definition) is 1. The number of ether oxygens (including phenoxy) is 4. The first-order valence-electron chi connectivity index (χ1n) is 8.96. The molecule has 3 rings (SSSR count). The first kappa shape index (κ1) is 20.7. The van der Waals surface area contributed by atoms with Crippen LogP contribution in [0.25, 0.3) is 10.9 Å². The van der Waals surface area contributed by atoms with Gasteiger partial charge in [-0.25, -0.2) is 4.79 Å². The summed E-state index contributed by atoms with van der Waals surface area (Å²) >= 11 is 6.34. The molecule has 0 atom stereocenters. The Morgan fingerprint density at radius 3 is 2.24 bits per heavy atom. The van der Waals surface area contributed by atoms with Gasteiger partial charge >= 0.3 is 5.97 Å². The normalized spacial score (nSPS) is 10.7. The van der Waals surface area contributed by atoms with Crippen LogP contribution >= 0.6 is 11.6 Å². The van der Waals surface area contributed by atoms with E-state index in [0.29, 0.717) is 40.3 Å². The fourth-order valence-corrected chi connectivity index (χ4v) is 3.42. The summed E-state index contributed by atoms with van der Waals surface area (Å²) in [6.07, 6.45) is 0. The SMILES string of the molecule is CCOC(=O)c1cc2c(Nc3cc(OC)c(OC)c(OC)c3)cc(Cl)cc2n1C. The number of rotatable bonds is 7. The highest BCUT2D eigenvalue weighted by atomic mass is 35.5. The second-order valence-corrected chi connectivity index (χ2v) is 6.67. The summed E-state index contributed by atoms with van der Waals surface area (Å²) in [5.41, 5.74) is 2.69. The third-order valence-corrected chi connectivity index (χ3v) is 4.77. The summed E-state index contributed by atoms with van der Waals surface area (Å²) in [4.78, 5) is 12.3. The molecule has 8 heteroatoms. The number of nitrogens with zero attached hydrogens (tertiary/aromatic N) is 1. The summed E-state index contributed by atoms with van der Waals surface area (Å²) in [6.45, 7) is 2.08. The van der Waals surface area contributed by atoms with E-state index >= 15 is 0 Å². The molecule has 1 heterocycles. The van der Waals surface area contributed by atoms with Crippen LogP contribution in [0.2, 0.25) is 5.02 Å². The van der Waals surface area contributed by atoms with Crippen molar-refractivity contribution in [3.05, 3.63) is 41.0 Å². The van der Waals surface area contributed by atoms with Crippen LogP contribution in [0, 0.1) is 0 Å². The van der Waals surface area contributed by atoms with Crippen LogP contribution in [0.3, 0.4) is 0 Å². The number of benzene rings is 2. The highest BCUT2D eigenvalue weighted by molar-refractivity contribution is 6.32. The standard InChI is InChI=1S/C21H23ClN2O5/c1-6-29-21(25)17-11-14-15(7-12(22)8-16(14)24(17)2)23-13-9-18(26-3)20(28-5)19(10-13)27-4/h7-11,23H,6H2,1-5H3. The second kappa shape index (κ2) is 8.53. The van der Waals surface area contributed by atoms with Gasteiger partial charge in [0.1, 0.15) is 5.69 Å². The van der Waals surface area contributed by atoms with Crippen molar-refractivity contribution < 1.29 is 23.7 Å². The summed E-state index contributed by atoms with van der Waals surface area (Å²) in [7, 11) is 6.46. The van der Waals surface area contributed by atoms with Crippen LogP contribution in [-0.4, -0.2) is 38.5 Å². The Hall–Kier alpha value is -3.06. The largest absolute Gasteiger partial charge is 0.493 e. The second-order valence-electron chi connectivity index (χ2n) is 6.23. The van der Waals surface area contributed by atoms with Gasteiger partial charge in [0.05, 0.1) is 33.5 Å². The predicted molar refractivity (Wildman–Crippen MR) is 113 cm³/mol. The lowest BCUT2D eigenvalue weighted by Crippen LogP contribution is -2.09. The molecular weight excluding hydrogens is 396 g/mol. The molecule has 0 spiro atoms. The lowest BCUT2D eigenvalue weighted by molar-refractivity contribution is 0.0516. The van der Waals surface area contributed by atoms with E-state index in [-0.39, 0.29) is 5.97 Å². The summed E-state index contributed by atoms with van der Waals surface area (Å²) < 4.78 is 23.1. The van der Waals surface area contributed by atoms with Crippen molar-refractivity contribution in [1.29, 1.82) is 0 Å². The van der Waals surface area contributed by atoms with E-state index in [0.717, 1.165) is 16.6 Å². The maximum atomic E-state index is 12.3. The van der Waals surface area contributed by atoms with Gasteiger partial charge in [-0.15, -0.1) is 0 Å². The molecule has 0 radical (unpaired) electrons. The van der Waals surface area contributed by atoms with Gasteiger partial charge in [0.2, 0.25) is 5.75 Å². The number of carbonyl (C=O) groups excluding carboxylic acids is 1. The molecule has 3 aromatic rings. The number of hydrogen-bond acceptors (Lipinski definition) is 6. The maximum absolute atomic E-state index is 12.3.